The van der Waals surface area contributed by atoms with Gasteiger partial charge in [-0.1, -0.05) is 24.3 Å². The number of halogens is 3. The Morgan fingerprint density at radius 2 is 1.88 bits per heavy atom. The monoisotopic (exact) mass is 394 g/mol. The third kappa shape index (κ3) is 4.68. The van der Waals surface area contributed by atoms with Gasteiger partial charge in [0.25, 0.3) is 5.91 Å². The molecular weight excluding hydrogens is 380 g/mol. The molecule has 0 saturated carbocycles. The van der Waals surface area contributed by atoms with Crippen LogP contribution in [0, 0.1) is 0 Å². The fourth-order valence-corrected chi connectivity index (χ4v) is 3.44. The van der Waals surface area contributed by atoms with Crippen LogP contribution in [-0.2, 0) is 12.6 Å². The van der Waals surface area contributed by atoms with Crippen LogP contribution in [0.5, 0.6) is 0 Å². The molecule has 1 unspecified atom stereocenters. The molecule has 134 valence electrons. The van der Waals surface area contributed by atoms with Crippen molar-refractivity contribution in [1.29, 1.82) is 0 Å². The zero-order chi connectivity index (χ0) is 18.7. The number of aromatic nitrogens is 1. The maximum absolute atomic E-state index is 12.6. The molecule has 0 radical (unpaired) electrons. The van der Waals surface area contributed by atoms with Crippen molar-refractivity contribution in [1.82, 2.24) is 4.98 Å². The van der Waals surface area contributed by atoms with Crippen molar-refractivity contribution in [2.24, 2.45) is 0 Å². The smallest absolute Gasteiger partial charge is 0.298 e. The Kier molecular flexibility index (Phi) is 5.39. The largest absolute Gasteiger partial charge is 0.416 e. The minimum absolute atomic E-state index is 0.260. The van der Waals surface area contributed by atoms with Crippen LogP contribution in [0.15, 0.2) is 54.7 Å². The van der Waals surface area contributed by atoms with E-state index >= 15 is 0 Å². The third-order valence-electron chi connectivity index (χ3n) is 3.58. The van der Waals surface area contributed by atoms with Gasteiger partial charge in [0.2, 0.25) is 0 Å². The van der Waals surface area contributed by atoms with Crippen LogP contribution in [0.25, 0.3) is 0 Å². The van der Waals surface area contributed by atoms with E-state index in [1.165, 1.54) is 23.5 Å². The van der Waals surface area contributed by atoms with Crippen molar-refractivity contribution in [2.45, 2.75) is 12.6 Å². The number of nitrogens with one attached hydrogen (secondary N) is 1. The Balaban J connectivity index is 1.65. The first-order chi connectivity index (χ1) is 12.3. The summed E-state index contributed by atoms with van der Waals surface area (Å²) in [6.45, 7) is 0. The van der Waals surface area contributed by atoms with E-state index in [0.29, 0.717) is 17.1 Å². The fraction of sp³-hybridized carbons (Fsp3) is 0.111. The van der Waals surface area contributed by atoms with E-state index in [0.717, 1.165) is 27.9 Å². The van der Waals surface area contributed by atoms with Crippen LogP contribution < -0.4 is 10.6 Å². The summed E-state index contributed by atoms with van der Waals surface area (Å²) in [7, 11) is 2.53. The van der Waals surface area contributed by atoms with E-state index in [4.69, 9.17) is 0 Å². The van der Waals surface area contributed by atoms with Gasteiger partial charge < -0.3 is 0 Å². The molecule has 1 aromatic heterocycles. The Hall–Kier alpha value is -2.24. The van der Waals surface area contributed by atoms with E-state index in [1.54, 1.807) is 24.4 Å². The Bertz CT molecular complexity index is 923. The summed E-state index contributed by atoms with van der Waals surface area (Å²) in [4.78, 5) is 17.2. The highest BCUT2D eigenvalue weighted by molar-refractivity contribution is 7.27. The molecule has 1 amide bonds. The summed E-state index contributed by atoms with van der Waals surface area (Å²) in [5.74, 6) is -0.260. The first-order valence-corrected chi connectivity index (χ1v) is 8.98. The molecule has 1 N–H and O–H groups in total. The van der Waals surface area contributed by atoms with Gasteiger partial charge in [-0.2, -0.15) is 13.2 Å². The highest BCUT2D eigenvalue weighted by Crippen LogP contribution is 2.30. The van der Waals surface area contributed by atoms with Gasteiger partial charge in [-0.3, -0.25) is 10.1 Å². The number of nitrogens with zero attached hydrogens (tertiary/aromatic N) is 1. The average Bonchev–Trinajstić information content (AvgIpc) is 3.01. The van der Waals surface area contributed by atoms with Crippen LogP contribution in [-0.4, -0.2) is 10.9 Å². The lowest BCUT2D eigenvalue weighted by atomic mass is 10.1. The summed E-state index contributed by atoms with van der Waals surface area (Å²) in [5.41, 5.74) is 0.599. The lowest BCUT2D eigenvalue weighted by molar-refractivity contribution is -0.137. The van der Waals surface area contributed by atoms with Gasteiger partial charge in [0, 0.05) is 23.1 Å². The molecule has 1 heterocycles. The van der Waals surface area contributed by atoms with Crippen molar-refractivity contribution >= 4 is 36.9 Å². The predicted octanol–water partition coefficient (Wildman–Crippen LogP) is 4.51. The fourth-order valence-electron chi connectivity index (χ4n) is 2.31. The van der Waals surface area contributed by atoms with Crippen LogP contribution >= 0.6 is 20.6 Å². The molecule has 0 saturated heterocycles. The summed E-state index contributed by atoms with van der Waals surface area (Å²) < 4.78 is 37.8. The lowest BCUT2D eigenvalue weighted by Gasteiger charge is -2.06. The van der Waals surface area contributed by atoms with Crippen molar-refractivity contribution in [3.05, 3.63) is 76.3 Å². The normalized spacial score (nSPS) is 11.4. The molecule has 2 aromatic carbocycles. The molecular formula is C18H14F3N2OPS. The Morgan fingerprint density at radius 3 is 2.54 bits per heavy atom. The molecule has 26 heavy (non-hydrogen) atoms. The lowest BCUT2D eigenvalue weighted by Crippen LogP contribution is -2.12. The van der Waals surface area contributed by atoms with Crippen molar-refractivity contribution < 1.29 is 18.0 Å². The standard InChI is InChI=1S/C18H14F3N2OPS/c19-18(20,21)13-6-4-11(5-7-13)8-15-10-22-17(26-15)23-16(24)12-2-1-3-14(25)9-12/h1-7,9-10H,8,25H2,(H,22,23,24). The molecule has 0 aliphatic carbocycles. The van der Waals surface area contributed by atoms with E-state index < -0.39 is 11.7 Å². The van der Waals surface area contributed by atoms with Gasteiger partial charge in [0.15, 0.2) is 5.13 Å². The predicted molar refractivity (Wildman–Crippen MR) is 100 cm³/mol. The number of benzene rings is 2. The van der Waals surface area contributed by atoms with Gasteiger partial charge in [-0.05, 0) is 35.1 Å². The van der Waals surface area contributed by atoms with Gasteiger partial charge in [-0.15, -0.1) is 20.6 Å². The number of hydrogen-bond acceptors (Lipinski definition) is 3. The number of thiazole rings is 1. The summed E-state index contributed by atoms with van der Waals surface area (Å²) in [6, 6.07) is 12.1. The number of carbonyl (C=O) groups excluding carboxylic acids is 1. The minimum atomic E-state index is -4.34. The maximum Gasteiger partial charge on any atom is 0.416 e. The number of carbonyl (C=O) groups is 1. The molecule has 3 nitrogen and oxygen atoms in total. The molecule has 8 heteroatoms. The summed E-state index contributed by atoms with van der Waals surface area (Å²) in [5, 5.41) is 4.08. The number of amides is 1. The van der Waals surface area contributed by atoms with Crippen LogP contribution in [0.1, 0.15) is 26.4 Å². The molecule has 0 spiro atoms. The summed E-state index contributed by atoms with van der Waals surface area (Å²) in [6.07, 6.45) is -2.27. The van der Waals surface area contributed by atoms with E-state index in [1.807, 2.05) is 6.07 Å². The number of alkyl halides is 3. The van der Waals surface area contributed by atoms with Gasteiger partial charge in [-0.25, -0.2) is 4.98 Å². The first kappa shape index (κ1) is 18.5. The Labute approximate surface area is 154 Å². The quantitative estimate of drug-likeness (QED) is 0.662. The molecule has 0 aliphatic heterocycles. The van der Waals surface area contributed by atoms with Crippen LogP contribution in [0.2, 0.25) is 0 Å². The van der Waals surface area contributed by atoms with E-state index in [2.05, 4.69) is 19.5 Å². The molecule has 1 atom stereocenters. The topological polar surface area (TPSA) is 42.0 Å². The van der Waals surface area contributed by atoms with Crippen LogP contribution in [0.4, 0.5) is 18.3 Å². The SMILES string of the molecule is O=C(Nc1ncc(Cc2ccc(C(F)(F)F)cc2)s1)c1cccc(P)c1. The number of hydrogen-bond donors (Lipinski definition) is 1. The van der Waals surface area contributed by atoms with E-state index in [-0.39, 0.29) is 5.91 Å². The first-order valence-electron chi connectivity index (χ1n) is 7.59. The Morgan fingerprint density at radius 1 is 1.15 bits per heavy atom. The molecule has 3 aromatic rings. The molecule has 3 rings (SSSR count). The molecule has 0 aliphatic rings. The third-order valence-corrected chi connectivity index (χ3v) is 4.85. The van der Waals surface area contributed by atoms with Gasteiger partial charge in [0.05, 0.1) is 5.56 Å². The van der Waals surface area contributed by atoms with Crippen molar-refractivity contribution in [3.63, 3.8) is 0 Å². The summed E-state index contributed by atoms with van der Waals surface area (Å²) >= 11 is 1.29. The van der Waals surface area contributed by atoms with E-state index in [9.17, 15) is 18.0 Å². The molecule has 0 bridgehead atoms. The maximum atomic E-state index is 12.6. The van der Waals surface area contributed by atoms with Gasteiger partial charge >= 0.3 is 6.18 Å². The zero-order valence-electron chi connectivity index (χ0n) is 13.4. The number of rotatable bonds is 4. The second kappa shape index (κ2) is 7.56. The zero-order valence-corrected chi connectivity index (χ0v) is 15.3. The van der Waals surface area contributed by atoms with Crippen molar-refractivity contribution in [2.75, 3.05) is 5.32 Å². The highest BCUT2D eigenvalue weighted by atomic mass is 32.1. The average molecular weight is 394 g/mol. The highest BCUT2D eigenvalue weighted by Gasteiger charge is 2.29. The second-order valence-corrected chi connectivity index (χ2v) is 7.36. The second-order valence-electron chi connectivity index (χ2n) is 5.58. The van der Waals surface area contributed by atoms with Gasteiger partial charge in [0.1, 0.15) is 0 Å². The van der Waals surface area contributed by atoms with Crippen molar-refractivity contribution in [3.8, 4) is 0 Å². The molecule has 0 fully saturated rings. The minimum Gasteiger partial charge on any atom is -0.298 e. The number of anilines is 1. The van der Waals surface area contributed by atoms with Crippen LogP contribution in [0.3, 0.4) is 0 Å².